The normalized spacial score (nSPS) is 23.8. The van der Waals surface area contributed by atoms with Gasteiger partial charge in [-0.15, -0.1) is 0 Å². The third-order valence-electron chi connectivity index (χ3n) is 3.75. The Morgan fingerprint density at radius 2 is 1.69 bits per heavy atom. The molecule has 0 saturated carbocycles. The first-order chi connectivity index (χ1) is 6.15. The van der Waals surface area contributed by atoms with Crippen molar-refractivity contribution in [3.05, 3.63) is 0 Å². The monoisotopic (exact) mass is 183 g/mol. The molecule has 1 atom stereocenters. The van der Waals surface area contributed by atoms with Gasteiger partial charge in [0.15, 0.2) is 0 Å². The molecule has 0 radical (unpaired) electrons. The molecular formula is C12H25N. The quantitative estimate of drug-likeness (QED) is 0.649. The molecule has 1 aliphatic rings. The second-order valence-electron chi connectivity index (χ2n) is 4.85. The molecule has 1 heteroatoms. The molecular weight excluding hydrogens is 158 g/mol. The van der Waals surface area contributed by atoms with Gasteiger partial charge in [-0.05, 0) is 51.6 Å². The van der Waals surface area contributed by atoms with Crippen molar-refractivity contribution in [2.75, 3.05) is 13.1 Å². The zero-order valence-corrected chi connectivity index (χ0v) is 9.71. The van der Waals surface area contributed by atoms with E-state index in [9.17, 15) is 0 Å². The highest BCUT2D eigenvalue weighted by atomic mass is 15.1. The molecule has 1 fully saturated rings. The van der Waals surface area contributed by atoms with E-state index in [0.29, 0.717) is 0 Å². The first kappa shape index (κ1) is 11.0. The van der Waals surface area contributed by atoms with Crippen LogP contribution in [0.15, 0.2) is 0 Å². The van der Waals surface area contributed by atoms with Gasteiger partial charge in [-0.2, -0.15) is 0 Å². The lowest BCUT2D eigenvalue weighted by molar-refractivity contribution is 0.124. The molecule has 0 N–H and O–H groups in total. The Morgan fingerprint density at radius 3 is 2.08 bits per heavy atom. The Bertz CT molecular complexity index is 134. The van der Waals surface area contributed by atoms with Crippen molar-refractivity contribution in [3.8, 4) is 0 Å². The van der Waals surface area contributed by atoms with Gasteiger partial charge >= 0.3 is 0 Å². The molecule has 1 unspecified atom stereocenters. The molecule has 78 valence electrons. The van der Waals surface area contributed by atoms with Crippen LogP contribution in [0.3, 0.4) is 0 Å². The summed E-state index contributed by atoms with van der Waals surface area (Å²) in [5, 5.41) is 0. The standard InChI is InChI=1S/C12H25N/c1-5-11(4)12-6-8-13(9-7-12)10(2)3/h10-12H,5-9H2,1-4H3. The first-order valence-corrected chi connectivity index (χ1v) is 5.89. The van der Waals surface area contributed by atoms with Crippen LogP contribution < -0.4 is 0 Å². The average Bonchev–Trinajstić information content (AvgIpc) is 2.17. The van der Waals surface area contributed by atoms with Crippen LogP contribution in [0.4, 0.5) is 0 Å². The third kappa shape index (κ3) is 2.98. The van der Waals surface area contributed by atoms with Crippen molar-refractivity contribution in [1.82, 2.24) is 4.90 Å². The van der Waals surface area contributed by atoms with E-state index in [1.54, 1.807) is 0 Å². The van der Waals surface area contributed by atoms with Gasteiger partial charge in [0.05, 0.1) is 0 Å². The molecule has 0 aromatic carbocycles. The fourth-order valence-corrected chi connectivity index (χ4v) is 2.34. The fraction of sp³-hybridized carbons (Fsp3) is 1.00. The molecule has 0 amide bonds. The van der Waals surface area contributed by atoms with Gasteiger partial charge in [0.1, 0.15) is 0 Å². The van der Waals surface area contributed by atoms with Crippen LogP contribution in [0.25, 0.3) is 0 Å². The van der Waals surface area contributed by atoms with Crippen LogP contribution in [0.1, 0.15) is 47.0 Å². The summed E-state index contributed by atoms with van der Waals surface area (Å²) in [5.41, 5.74) is 0. The lowest BCUT2D eigenvalue weighted by atomic mass is 9.84. The number of nitrogens with zero attached hydrogens (tertiary/aromatic N) is 1. The van der Waals surface area contributed by atoms with E-state index >= 15 is 0 Å². The van der Waals surface area contributed by atoms with Gasteiger partial charge in [0.2, 0.25) is 0 Å². The van der Waals surface area contributed by atoms with Crippen LogP contribution in [0.5, 0.6) is 0 Å². The summed E-state index contributed by atoms with van der Waals surface area (Å²) < 4.78 is 0. The molecule has 1 rings (SSSR count). The predicted molar refractivity (Wildman–Crippen MR) is 58.9 cm³/mol. The van der Waals surface area contributed by atoms with Crippen LogP contribution >= 0.6 is 0 Å². The van der Waals surface area contributed by atoms with E-state index in [1.807, 2.05) is 0 Å². The minimum Gasteiger partial charge on any atom is -0.301 e. The maximum Gasteiger partial charge on any atom is 0.00385 e. The summed E-state index contributed by atoms with van der Waals surface area (Å²) in [4.78, 5) is 2.61. The number of hydrogen-bond acceptors (Lipinski definition) is 1. The highest BCUT2D eigenvalue weighted by Gasteiger charge is 2.23. The molecule has 1 aliphatic heterocycles. The fourth-order valence-electron chi connectivity index (χ4n) is 2.34. The summed E-state index contributed by atoms with van der Waals surface area (Å²) in [6, 6.07) is 0.748. The Hall–Kier alpha value is -0.0400. The van der Waals surface area contributed by atoms with Crippen molar-refractivity contribution in [2.24, 2.45) is 11.8 Å². The summed E-state index contributed by atoms with van der Waals surface area (Å²) in [6.07, 6.45) is 4.20. The smallest absolute Gasteiger partial charge is 0.00385 e. The van der Waals surface area contributed by atoms with Gasteiger partial charge < -0.3 is 4.90 Å². The van der Waals surface area contributed by atoms with Crippen molar-refractivity contribution in [1.29, 1.82) is 0 Å². The van der Waals surface area contributed by atoms with Gasteiger partial charge in [-0.3, -0.25) is 0 Å². The zero-order chi connectivity index (χ0) is 9.84. The number of rotatable bonds is 3. The van der Waals surface area contributed by atoms with Crippen LogP contribution in [-0.2, 0) is 0 Å². The second-order valence-corrected chi connectivity index (χ2v) is 4.85. The molecule has 0 aliphatic carbocycles. The highest BCUT2D eigenvalue weighted by molar-refractivity contribution is 4.76. The van der Waals surface area contributed by atoms with Gasteiger partial charge in [0.25, 0.3) is 0 Å². The molecule has 1 heterocycles. The first-order valence-electron chi connectivity index (χ1n) is 5.89. The lowest BCUT2D eigenvalue weighted by Gasteiger charge is -2.36. The minimum absolute atomic E-state index is 0.748. The molecule has 1 saturated heterocycles. The minimum atomic E-state index is 0.748. The Morgan fingerprint density at radius 1 is 1.15 bits per heavy atom. The Labute approximate surface area is 83.5 Å². The van der Waals surface area contributed by atoms with Crippen molar-refractivity contribution < 1.29 is 0 Å². The number of piperidine rings is 1. The van der Waals surface area contributed by atoms with Gasteiger partial charge in [-0.1, -0.05) is 20.3 Å². The summed E-state index contributed by atoms with van der Waals surface area (Å²) >= 11 is 0. The molecule has 13 heavy (non-hydrogen) atoms. The SMILES string of the molecule is CCC(C)C1CCN(C(C)C)CC1. The van der Waals surface area contributed by atoms with E-state index in [0.717, 1.165) is 17.9 Å². The van der Waals surface area contributed by atoms with Crippen molar-refractivity contribution in [3.63, 3.8) is 0 Å². The molecule has 0 aromatic rings. The van der Waals surface area contributed by atoms with Crippen molar-refractivity contribution in [2.45, 2.75) is 53.0 Å². The average molecular weight is 183 g/mol. The molecule has 0 spiro atoms. The van der Waals surface area contributed by atoms with Gasteiger partial charge in [-0.25, -0.2) is 0 Å². The number of hydrogen-bond donors (Lipinski definition) is 0. The molecule has 0 bridgehead atoms. The van der Waals surface area contributed by atoms with E-state index in [-0.39, 0.29) is 0 Å². The summed E-state index contributed by atoms with van der Waals surface area (Å²) in [6.45, 7) is 12.0. The molecule has 0 aromatic heterocycles. The maximum absolute atomic E-state index is 2.61. The highest BCUT2D eigenvalue weighted by Crippen LogP contribution is 2.27. The predicted octanol–water partition coefficient (Wildman–Crippen LogP) is 3.15. The van der Waals surface area contributed by atoms with Crippen molar-refractivity contribution >= 4 is 0 Å². The summed E-state index contributed by atoms with van der Waals surface area (Å²) in [7, 11) is 0. The number of likely N-dealkylation sites (tertiary alicyclic amines) is 1. The van der Waals surface area contributed by atoms with E-state index < -0.39 is 0 Å². The second kappa shape index (κ2) is 4.99. The van der Waals surface area contributed by atoms with E-state index in [1.165, 1.54) is 32.4 Å². The zero-order valence-electron chi connectivity index (χ0n) is 9.71. The van der Waals surface area contributed by atoms with Crippen LogP contribution in [0.2, 0.25) is 0 Å². The third-order valence-corrected chi connectivity index (χ3v) is 3.75. The largest absolute Gasteiger partial charge is 0.301 e. The Kier molecular flexibility index (Phi) is 4.24. The van der Waals surface area contributed by atoms with Gasteiger partial charge in [0, 0.05) is 6.04 Å². The lowest BCUT2D eigenvalue weighted by Crippen LogP contribution is -2.39. The topological polar surface area (TPSA) is 3.24 Å². The molecule has 1 nitrogen and oxygen atoms in total. The summed E-state index contributed by atoms with van der Waals surface area (Å²) in [5.74, 6) is 1.94. The van der Waals surface area contributed by atoms with Crippen LogP contribution in [-0.4, -0.2) is 24.0 Å². The van der Waals surface area contributed by atoms with Crippen LogP contribution in [0, 0.1) is 11.8 Å². The maximum atomic E-state index is 2.61. The Balaban J connectivity index is 2.30. The van der Waals surface area contributed by atoms with E-state index in [2.05, 4.69) is 32.6 Å². The van der Waals surface area contributed by atoms with E-state index in [4.69, 9.17) is 0 Å².